The molecular weight excluding hydrogens is 441 g/mol. The van der Waals surface area contributed by atoms with Gasteiger partial charge < -0.3 is 9.84 Å². The summed E-state index contributed by atoms with van der Waals surface area (Å²) in [4.78, 5) is 44.0. The smallest absolute Gasteiger partial charge is 0.333 e. The van der Waals surface area contributed by atoms with Crippen molar-refractivity contribution in [1.29, 1.82) is 0 Å². The largest absolute Gasteiger partial charge is 0.454 e. The lowest BCUT2D eigenvalue weighted by Gasteiger charge is -1.99. The Morgan fingerprint density at radius 3 is 1.34 bits per heavy atom. The zero-order valence-electron chi connectivity index (χ0n) is 16.4. The van der Waals surface area contributed by atoms with Crippen LogP contribution in [0.25, 0.3) is 0 Å². The fourth-order valence-corrected chi connectivity index (χ4v) is 0.603. The topological polar surface area (TPSA) is 111 Å². The second-order valence-corrected chi connectivity index (χ2v) is 5.34. The van der Waals surface area contributed by atoms with Gasteiger partial charge in [-0.05, 0) is 51.4 Å². The molecule has 0 aliphatic heterocycles. The minimum Gasteiger partial charge on any atom is -0.454 e. The van der Waals surface area contributed by atoms with Crippen LogP contribution in [0.1, 0.15) is 58.8 Å². The third kappa shape index (κ3) is 56.4. The van der Waals surface area contributed by atoms with Gasteiger partial charge in [0.15, 0.2) is 11.6 Å². The molecule has 9 heteroatoms. The van der Waals surface area contributed by atoms with E-state index in [4.69, 9.17) is 16.7 Å². The number of nitrogens with zero attached hydrogens (tertiary/aromatic N) is 1. The van der Waals surface area contributed by atoms with Crippen molar-refractivity contribution in [3.63, 3.8) is 0 Å². The second-order valence-electron chi connectivity index (χ2n) is 5.00. The Kier molecular flexibility index (Phi) is 57.7. The van der Waals surface area contributed by atoms with Gasteiger partial charge in [0.1, 0.15) is 13.2 Å². The van der Waals surface area contributed by atoms with Gasteiger partial charge in [0, 0.05) is 25.0 Å². The van der Waals surface area contributed by atoms with Crippen molar-refractivity contribution in [2.75, 3.05) is 13.2 Å². The average Bonchev–Trinajstić information content (AvgIpc) is 2.62. The molecule has 0 bridgehead atoms. The molecule has 7 nitrogen and oxygen atoms in total. The quantitative estimate of drug-likeness (QED) is 0.326. The maximum absolute atomic E-state index is 10.6. The molecule has 0 amide bonds. The van der Waals surface area contributed by atoms with Crippen LogP contribution in [0.4, 0.5) is 4.70 Å². The monoisotopic (exact) mass is 487 g/mol. The highest BCUT2D eigenvalue weighted by Crippen LogP contribution is 1.91. The molecule has 0 unspecified atom stereocenters. The van der Waals surface area contributed by atoms with Crippen LogP contribution in [0.5, 0.6) is 0 Å². The summed E-state index contributed by atoms with van der Waals surface area (Å²) < 4.78 is 4.48. The summed E-state index contributed by atoms with van der Waals surface area (Å²) in [5, 5.41) is 7.33. The number of ether oxygens (including phenoxy) is 1. The van der Waals surface area contributed by atoms with E-state index in [2.05, 4.69) is 22.9 Å². The number of carbonyl (C=O) groups is 4. The Morgan fingerprint density at radius 1 is 0.875 bits per heavy atom. The maximum atomic E-state index is 10.6. The van der Waals surface area contributed by atoms with Crippen LogP contribution in [0.15, 0.2) is 54.9 Å². The molecule has 0 aliphatic carbocycles. The summed E-state index contributed by atoms with van der Waals surface area (Å²) in [7, 11) is 0. The van der Waals surface area contributed by atoms with Crippen molar-refractivity contribution in [3.05, 3.63) is 54.9 Å². The molecule has 0 aliphatic rings. The summed E-state index contributed by atoms with van der Waals surface area (Å²) in [5.41, 5.74) is 0.693. The molecular formula is C23H45ClFNO6. The molecule has 0 atom stereocenters. The Labute approximate surface area is 200 Å². The van der Waals surface area contributed by atoms with Crippen molar-refractivity contribution >= 4 is 34.4 Å². The molecule has 32 heavy (non-hydrogen) atoms. The van der Waals surface area contributed by atoms with E-state index < -0.39 is 11.2 Å². The number of ketones is 2. The van der Waals surface area contributed by atoms with Crippen LogP contribution in [0.2, 0.25) is 0 Å². The Bertz CT molecular complexity index is 590. The number of aromatic nitrogens is 1. The number of rotatable bonds is 5. The Balaban J connectivity index is -0.0000000323. The molecule has 0 radical (unpaired) electrons. The van der Waals surface area contributed by atoms with Gasteiger partial charge in [0.25, 0.3) is 0 Å². The van der Waals surface area contributed by atoms with Crippen LogP contribution < -0.4 is 0 Å². The van der Waals surface area contributed by atoms with Gasteiger partial charge in [-0.25, -0.2) is 4.79 Å². The van der Waals surface area contributed by atoms with E-state index in [1.54, 1.807) is 19.3 Å². The molecule has 0 saturated heterocycles. The summed E-state index contributed by atoms with van der Waals surface area (Å²) in [6.07, 6.45) is 3.50. The number of hydrogen-bond acceptors (Lipinski definition) is 7. The summed E-state index contributed by atoms with van der Waals surface area (Å²) in [6.45, 7) is 11.9. The number of hydrogen-bond donors (Lipinski definition) is 1. The SMILES string of the molecule is C.C.C.C.C=C(C)C(=O)Cl.C=C(C)C(=O)OCC(C)=O.CC(=O)CO.F.[3HH].c1ccncc1. The van der Waals surface area contributed by atoms with E-state index in [1.165, 1.54) is 20.8 Å². The summed E-state index contributed by atoms with van der Waals surface area (Å²) in [6, 6.07) is 5.72. The number of aliphatic hydroxyl groups is 1. The minimum absolute atomic E-state index is 0. The van der Waals surface area contributed by atoms with Gasteiger partial charge in [-0.3, -0.25) is 24.1 Å². The summed E-state index contributed by atoms with van der Waals surface area (Å²) >= 11 is 4.87. The number of carbonyl (C=O) groups excluding carboxylic acids is 4. The predicted octanol–water partition coefficient (Wildman–Crippen LogP) is 5.61. The number of esters is 1. The standard InChI is InChI=1S/C7H10O3.C5H5N.C4H5ClO.C3H6O2.4CH4.FH.H2/c1-5(2)7(9)10-4-6(3)8;1-2-4-6-5-3-1;1-3(2)4(5)6;1-3(5)2-4;;;;;;/h1,4H2,2-3H3;1-5H;1H2,2H3;4H,2H2,1H3;4*1H4;2*1H/i;;;;;;;;;1+2. The van der Waals surface area contributed by atoms with Gasteiger partial charge in [-0.15, -0.1) is 0 Å². The average molecular weight is 488 g/mol. The van der Waals surface area contributed by atoms with E-state index in [1.807, 2.05) is 18.2 Å². The van der Waals surface area contributed by atoms with E-state index in [0.29, 0.717) is 11.1 Å². The van der Waals surface area contributed by atoms with Crippen molar-refractivity contribution in [1.82, 2.24) is 4.98 Å². The zero-order valence-corrected chi connectivity index (χ0v) is 17.2. The molecule has 1 aromatic rings. The lowest BCUT2D eigenvalue weighted by molar-refractivity contribution is -0.143. The fourth-order valence-electron chi connectivity index (χ4n) is 0.603. The van der Waals surface area contributed by atoms with Crippen molar-refractivity contribution in [2.45, 2.75) is 57.4 Å². The Morgan fingerprint density at radius 2 is 1.22 bits per heavy atom. The molecule has 1 heterocycles. The highest BCUT2D eigenvalue weighted by Gasteiger charge is 2.03. The Hall–Kier alpha value is -2.71. The number of allylic oxidation sites excluding steroid dienone is 1. The lowest BCUT2D eigenvalue weighted by atomic mass is 10.4. The van der Waals surface area contributed by atoms with Crippen LogP contribution >= 0.6 is 11.6 Å². The van der Waals surface area contributed by atoms with Gasteiger partial charge >= 0.3 is 5.97 Å². The molecule has 0 spiro atoms. The number of aliphatic hydroxyl groups excluding tert-OH is 1. The van der Waals surface area contributed by atoms with Crippen LogP contribution in [0, 0.1) is 0 Å². The third-order valence-corrected chi connectivity index (χ3v) is 2.20. The normalized spacial score (nSPS) is 6.81. The van der Waals surface area contributed by atoms with Crippen LogP contribution in [-0.4, -0.2) is 46.1 Å². The molecule has 1 N–H and O–H groups in total. The molecule has 0 saturated carbocycles. The van der Waals surface area contributed by atoms with Gasteiger partial charge in [-0.1, -0.05) is 48.9 Å². The van der Waals surface area contributed by atoms with E-state index in [9.17, 15) is 19.2 Å². The summed E-state index contributed by atoms with van der Waals surface area (Å²) in [5.74, 6) is -0.880. The number of halogens is 2. The van der Waals surface area contributed by atoms with Crippen LogP contribution in [0.3, 0.4) is 0 Å². The highest BCUT2D eigenvalue weighted by molar-refractivity contribution is 6.67. The van der Waals surface area contributed by atoms with E-state index in [-0.39, 0.29) is 60.6 Å². The highest BCUT2D eigenvalue weighted by atomic mass is 35.5. The first-order chi connectivity index (χ1) is 12.4. The fraction of sp³-hybridized carbons (Fsp3) is 0.435. The molecule has 1 rings (SSSR count). The second kappa shape index (κ2) is 35.7. The molecule has 1 aromatic heterocycles. The molecule has 192 valence electrons. The van der Waals surface area contributed by atoms with E-state index >= 15 is 0 Å². The molecule has 0 fully saturated rings. The number of pyridine rings is 1. The first-order valence-corrected chi connectivity index (χ1v) is 7.96. The first kappa shape index (κ1) is 51.7. The minimum atomic E-state index is -0.518. The third-order valence-electron chi connectivity index (χ3n) is 1.88. The van der Waals surface area contributed by atoms with Gasteiger partial charge in [0.05, 0.1) is 0 Å². The zero-order chi connectivity index (χ0) is 21.8. The predicted molar refractivity (Wildman–Crippen MR) is 136 cm³/mol. The van der Waals surface area contributed by atoms with Gasteiger partial charge in [0.2, 0.25) is 5.24 Å². The van der Waals surface area contributed by atoms with Crippen molar-refractivity contribution in [2.24, 2.45) is 0 Å². The van der Waals surface area contributed by atoms with Crippen LogP contribution in [-0.2, 0) is 23.9 Å². The van der Waals surface area contributed by atoms with E-state index in [0.717, 1.165) is 0 Å². The van der Waals surface area contributed by atoms with Crippen molar-refractivity contribution in [3.8, 4) is 0 Å². The lowest BCUT2D eigenvalue weighted by Crippen LogP contribution is -2.11. The molecule has 0 aromatic carbocycles. The van der Waals surface area contributed by atoms with Gasteiger partial charge in [-0.2, -0.15) is 0 Å². The number of Topliss-reactive ketones (excluding diaryl/α,β-unsaturated/α-hetero) is 2. The first-order valence-electron chi connectivity index (χ1n) is 7.58. The van der Waals surface area contributed by atoms with Crippen molar-refractivity contribution < 1.29 is 35.2 Å². The maximum Gasteiger partial charge on any atom is 0.333 e.